The third-order valence-electron chi connectivity index (χ3n) is 2.95. The maximum atomic E-state index is 11.6. The van der Waals surface area contributed by atoms with Gasteiger partial charge in [-0.05, 0) is 39.5 Å². The van der Waals surface area contributed by atoms with E-state index in [4.69, 9.17) is 23.2 Å². The van der Waals surface area contributed by atoms with Crippen LogP contribution in [0.2, 0.25) is 0 Å². The summed E-state index contributed by atoms with van der Waals surface area (Å²) in [6, 6.07) is 0. The number of carbonyl (C=O) groups excluding carboxylic acids is 1. The average Bonchev–Trinajstić information content (AvgIpc) is 1.92. The fourth-order valence-corrected chi connectivity index (χ4v) is 2.08. The van der Waals surface area contributed by atoms with Crippen molar-refractivity contribution in [3.8, 4) is 0 Å². The van der Waals surface area contributed by atoms with E-state index >= 15 is 0 Å². The predicted octanol–water partition coefficient (Wildman–Crippen LogP) is 3.37. The summed E-state index contributed by atoms with van der Waals surface area (Å²) in [7, 11) is 0. The highest BCUT2D eigenvalue weighted by Gasteiger charge is 2.41. The van der Waals surface area contributed by atoms with Crippen molar-refractivity contribution >= 4 is 29.0 Å². The molecule has 0 heterocycles. The minimum atomic E-state index is -0.640. The van der Waals surface area contributed by atoms with E-state index in [9.17, 15) is 4.79 Å². The summed E-state index contributed by atoms with van der Waals surface area (Å²) in [4.78, 5) is 10.7. The van der Waals surface area contributed by atoms with Gasteiger partial charge in [0.25, 0.3) is 0 Å². The van der Waals surface area contributed by atoms with E-state index in [1.807, 2.05) is 13.8 Å². The van der Waals surface area contributed by atoms with Crippen molar-refractivity contribution in [3.63, 3.8) is 0 Å². The van der Waals surface area contributed by atoms with E-state index in [0.29, 0.717) is 6.42 Å². The highest BCUT2D eigenvalue weighted by atomic mass is 35.5. The van der Waals surface area contributed by atoms with Gasteiger partial charge in [-0.2, -0.15) is 0 Å². The first kappa shape index (κ1) is 11.3. The van der Waals surface area contributed by atoms with E-state index in [1.165, 1.54) is 0 Å². The van der Waals surface area contributed by atoms with Crippen molar-refractivity contribution in [2.24, 2.45) is 5.92 Å². The van der Waals surface area contributed by atoms with Crippen LogP contribution in [0.1, 0.15) is 40.0 Å². The molecule has 0 spiro atoms. The topological polar surface area (TPSA) is 17.1 Å². The average molecular weight is 223 g/mol. The molecule has 0 bridgehead atoms. The summed E-state index contributed by atoms with van der Waals surface area (Å²) in [5.41, 5.74) is 0. The molecule has 1 aliphatic rings. The summed E-state index contributed by atoms with van der Waals surface area (Å²) in [5.74, 6) is 0.410. The van der Waals surface area contributed by atoms with Crippen LogP contribution in [0, 0.1) is 5.92 Å². The summed E-state index contributed by atoms with van der Waals surface area (Å²) in [6.07, 6.45) is 2.22. The molecule has 1 saturated carbocycles. The molecule has 1 nitrogen and oxygen atoms in total. The fourth-order valence-electron chi connectivity index (χ4n) is 1.71. The molecular formula is C10H16Cl2O. The number of carbonyl (C=O) groups is 1. The Balaban J connectivity index is 2.67. The number of alkyl halides is 2. The van der Waals surface area contributed by atoms with Crippen LogP contribution in [0.5, 0.6) is 0 Å². The molecule has 0 unspecified atom stereocenters. The van der Waals surface area contributed by atoms with Crippen LogP contribution in [0.3, 0.4) is 0 Å². The Labute approximate surface area is 89.8 Å². The van der Waals surface area contributed by atoms with Crippen molar-refractivity contribution in [1.29, 1.82) is 0 Å². The van der Waals surface area contributed by atoms with E-state index in [-0.39, 0.29) is 16.6 Å². The highest BCUT2D eigenvalue weighted by molar-refractivity contribution is 6.35. The van der Waals surface area contributed by atoms with Gasteiger partial charge in [0.15, 0.2) is 5.78 Å². The van der Waals surface area contributed by atoms with E-state index in [1.54, 1.807) is 6.92 Å². The largest absolute Gasteiger partial charge is 0.298 e. The summed E-state index contributed by atoms with van der Waals surface area (Å²) in [5, 5.41) is 0. The lowest BCUT2D eigenvalue weighted by atomic mass is 9.76. The zero-order valence-electron chi connectivity index (χ0n) is 8.36. The molecule has 13 heavy (non-hydrogen) atoms. The molecular weight excluding hydrogens is 207 g/mol. The second-order valence-electron chi connectivity index (χ2n) is 4.62. The molecule has 0 radical (unpaired) electrons. The van der Waals surface area contributed by atoms with Gasteiger partial charge in [0.05, 0.1) is 4.87 Å². The second kappa shape index (κ2) is 3.43. The van der Waals surface area contributed by atoms with Crippen LogP contribution in [-0.2, 0) is 4.79 Å². The molecule has 3 heteroatoms. The SMILES string of the molecule is CC(C)(Cl)[C@@H]1CC[C@](C)(Cl)C(=O)C1. The van der Waals surface area contributed by atoms with Crippen LogP contribution < -0.4 is 0 Å². The number of hydrogen-bond donors (Lipinski definition) is 0. The van der Waals surface area contributed by atoms with Crippen LogP contribution >= 0.6 is 23.2 Å². The number of rotatable bonds is 1. The minimum absolute atomic E-state index is 0.138. The van der Waals surface area contributed by atoms with Crippen molar-refractivity contribution in [2.75, 3.05) is 0 Å². The van der Waals surface area contributed by atoms with Gasteiger partial charge in [-0.25, -0.2) is 0 Å². The van der Waals surface area contributed by atoms with Crippen LogP contribution in [0.4, 0.5) is 0 Å². The highest BCUT2D eigenvalue weighted by Crippen LogP contribution is 2.40. The molecule has 0 aliphatic heterocycles. The number of hydrogen-bond acceptors (Lipinski definition) is 1. The summed E-state index contributed by atoms with van der Waals surface area (Å²) < 4.78 is 0. The van der Waals surface area contributed by atoms with Crippen LogP contribution in [-0.4, -0.2) is 15.5 Å². The van der Waals surface area contributed by atoms with Crippen molar-refractivity contribution in [3.05, 3.63) is 0 Å². The quantitative estimate of drug-likeness (QED) is 0.623. The maximum Gasteiger partial charge on any atom is 0.153 e. The molecule has 0 aromatic rings. The Kier molecular flexibility index (Phi) is 2.99. The first-order valence-electron chi connectivity index (χ1n) is 4.64. The van der Waals surface area contributed by atoms with Crippen molar-refractivity contribution in [2.45, 2.75) is 49.8 Å². The van der Waals surface area contributed by atoms with Gasteiger partial charge in [-0.1, -0.05) is 0 Å². The van der Waals surface area contributed by atoms with Crippen LogP contribution in [0.25, 0.3) is 0 Å². The van der Waals surface area contributed by atoms with Crippen molar-refractivity contribution in [1.82, 2.24) is 0 Å². The standard InChI is InChI=1S/C10H16Cl2O/c1-9(2,11)7-4-5-10(3,12)8(13)6-7/h7H,4-6H2,1-3H3/t7-,10+/m1/s1. The number of ketones is 1. The van der Waals surface area contributed by atoms with E-state index < -0.39 is 4.87 Å². The zero-order valence-corrected chi connectivity index (χ0v) is 9.87. The zero-order chi connectivity index (χ0) is 10.3. The van der Waals surface area contributed by atoms with Gasteiger partial charge < -0.3 is 0 Å². The minimum Gasteiger partial charge on any atom is -0.298 e. The maximum absolute atomic E-state index is 11.6. The van der Waals surface area contributed by atoms with E-state index in [2.05, 4.69) is 0 Å². The fraction of sp³-hybridized carbons (Fsp3) is 0.900. The normalized spacial score (nSPS) is 36.4. The summed E-state index contributed by atoms with van der Waals surface area (Å²) in [6.45, 7) is 5.72. The van der Waals surface area contributed by atoms with Gasteiger partial charge in [0, 0.05) is 11.3 Å². The third kappa shape index (κ3) is 2.60. The molecule has 0 N–H and O–H groups in total. The second-order valence-corrected chi connectivity index (χ2v) is 6.43. The van der Waals surface area contributed by atoms with Gasteiger partial charge in [-0.15, -0.1) is 23.2 Å². The molecule has 76 valence electrons. The molecule has 0 saturated heterocycles. The lowest BCUT2D eigenvalue weighted by Crippen LogP contribution is -2.40. The lowest BCUT2D eigenvalue weighted by Gasteiger charge is -2.36. The first-order chi connectivity index (χ1) is 5.73. The Morgan fingerprint density at radius 3 is 2.46 bits per heavy atom. The molecule has 0 aromatic carbocycles. The van der Waals surface area contributed by atoms with E-state index in [0.717, 1.165) is 12.8 Å². The number of Topliss-reactive ketones (excluding diaryl/α,β-unsaturated/α-hetero) is 1. The third-order valence-corrected chi connectivity index (χ3v) is 3.65. The van der Waals surface area contributed by atoms with Gasteiger partial charge in [0.2, 0.25) is 0 Å². The first-order valence-corrected chi connectivity index (χ1v) is 5.40. The smallest absolute Gasteiger partial charge is 0.153 e. The van der Waals surface area contributed by atoms with Gasteiger partial charge in [-0.3, -0.25) is 4.79 Å². The molecule has 1 fully saturated rings. The van der Waals surface area contributed by atoms with Crippen molar-refractivity contribution < 1.29 is 4.79 Å². The molecule has 1 aliphatic carbocycles. The number of halogens is 2. The van der Waals surface area contributed by atoms with Crippen LogP contribution in [0.15, 0.2) is 0 Å². The van der Waals surface area contributed by atoms with Gasteiger partial charge >= 0.3 is 0 Å². The molecule has 0 aromatic heterocycles. The molecule has 1 rings (SSSR count). The predicted molar refractivity (Wildman–Crippen MR) is 56.5 cm³/mol. The Hall–Kier alpha value is 0.250. The Morgan fingerprint density at radius 1 is 1.54 bits per heavy atom. The Bertz CT molecular complexity index is 215. The Morgan fingerprint density at radius 2 is 2.08 bits per heavy atom. The molecule has 0 amide bonds. The van der Waals surface area contributed by atoms with Gasteiger partial charge in [0.1, 0.15) is 0 Å². The molecule has 2 atom stereocenters. The lowest BCUT2D eigenvalue weighted by molar-refractivity contribution is -0.124. The summed E-state index contributed by atoms with van der Waals surface area (Å²) >= 11 is 12.2. The monoisotopic (exact) mass is 222 g/mol.